The molecule has 1 aliphatic heterocycles. The van der Waals surface area contributed by atoms with Crippen molar-refractivity contribution in [1.29, 1.82) is 0 Å². The van der Waals surface area contributed by atoms with Crippen LogP contribution < -0.4 is 4.90 Å². The maximum absolute atomic E-state index is 4.70. The molecule has 0 radical (unpaired) electrons. The van der Waals surface area contributed by atoms with Gasteiger partial charge in [-0.05, 0) is 37.7 Å². The number of fused-ring (bicyclic) bond motifs is 1. The van der Waals surface area contributed by atoms with Crippen LogP contribution in [0, 0.1) is 5.92 Å². The number of aromatic nitrogens is 5. The standard InChI is InChI=1S/C18H22N6/c1-2-14(17-20-7-9-24(17)10-13-3-4-13)11-23(8-1)18-15-5-6-19-16(15)21-12-22-18/h5-7,9,12-14H,1-4,8,10-11H2,(H,19,21,22)/t14-/m0/s1. The van der Waals surface area contributed by atoms with Gasteiger partial charge in [0.25, 0.3) is 0 Å². The summed E-state index contributed by atoms with van der Waals surface area (Å²) in [4.78, 5) is 19.2. The molecule has 3 aromatic heterocycles. The van der Waals surface area contributed by atoms with Crippen molar-refractivity contribution in [3.63, 3.8) is 0 Å². The minimum absolute atomic E-state index is 0.483. The van der Waals surface area contributed by atoms with Crippen LogP contribution in [-0.4, -0.2) is 37.6 Å². The first-order valence-corrected chi connectivity index (χ1v) is 8.92. The summed E-state index contributed by atoms with van der Waals surface area (Å²) in [5.74, 6) is 3.66. The predicted octanol–water partition coefficient (Wildman–Crippen LogP) is 2.95. The molecule has 6 heteroatoms. The highest BCUT2D eigenvalue weighted by Crippen LogP contribution is 2.34. The van der Waals surface area contributed by atoms with Crippen molar-refractivity contribution in [2.24, 2.45) is 5.92 Å². The molecule has 5 rings (SSSR count). The van der Waals surface area contributed by atoms with Gasteiger partial charge in [-0.3, -0.25) is 0 Å². The molecule has 1 saturated carbocycles. The third kappa shape index (κ3) is 2.46. The summed E-state index contributed by atoms with van der Waals surface area (Å²) in [6.45, 7) is 3.18. The maximum atomic E-state index is 4.70. The van der Waals surface area contributed by atoms with E-state index in [1.807, 2.05) is 12.4 Å². The average molecular weight is 322 g/mol. The third-order valence-corrected chi connectivity index (χ3v) is 5.32. The van der Waals surface area contributed by atoms with Crippen molar-refractivity contribution in [3.05, 3.63) is 36.8 Å². The second-order valence-electron chi connectivity index (χ2n) is 7.10. The van der Waals surface area contributed by atoms with Gasteiger partial charge in [0.2, 0.25) is 0 Å². The largest absolute Gasteiger partial charge is 0.355 e. The zero-order valence-electron chi connectivity index (χ0n) is 13.7. The van der Waals surface area contributed by atoms with E-state index in [1.165, 1.54) is 31.5 Å². The van der Waals surface area contributed by atoms with Gasteiger partial charge in [0.15, 0.2) is 0 Å². The van der Waals surface area contributed by atoms with Crippen molar-refractivity contribution in [1.82, 2.24) is 24.5 Å². The molecule has 124 valence electrons. The fourth-order valence-electron chi connectivity index (χ4n) is 3.90. The van der Waals surface area contributed by atoms with E-state index in [4.69, 9.17) is 4.98 Å². The maximum Gasteiger partial charge on any atom is 0.142 e. The van der Waals surface area contributed by atoms with E-state index >= 15 is 0 Å². The van der Waals surface area contributed by atoms with E-state index < -0.39 is 0 Å². The first kappa shape index (κ1) is 14.0. The molecule has 1 aliphatic carbocycles. The first-order valence-electron chi connectivity index (χ1n) is 8.92. The molecule has 1 N–H and O–H groups in total. The minimum atomic E-state index is 0.483. The fourth-order valence-corrected chi connectivity index (χ4v) is 3.90. The highest BCUT2D eigenvalue weighted by atomic mass is 15.2. The van der Waals surface area contributed by atoms with Gasteiger partial charge in [0.1, 0.15) is 23.6 Å². The van der Waals surface area contributed by atoms with E-state index in [1.54, 1.807) is 6.33 Å². The second kappa shape index (κ2) is 5.61. The van der Waals surface area contributed by atoms with Gasteiger partial charge in [0, 0.05) is 44.1 Å². The molecule has 1 saturated heterocycles. The molecule has 0 aromatic carbocycles. The van der Waals surface area contributed by atoms with E-state index in [2.05, 4.69) is 36.7 Å². The predicted molar refractivity (Wildman–Crippen MR) is 93.0 cm³/mol. The molecule has 6 nitrogen and oxygen atoms in total. The SMILES string of the molecule is c1cn(CC2CC2)c([C@H]2CCCN(c3ncnc4[nH]ccc34)C2)n1. The molecule has 1 atom stereocenters. The minimum Gasteiger partial charge on any atom is -0.355 e. The number of hydrogen-bond donors (Lipinski definition) is 1. The van der Waals surface area contributed by atoms with Crippen LogP contribution in [-0.2, 0) is 6.54 Å². The molecule has 0 amide bonds. The molecular formula is C18H22N6. The molecule has 0 unspecified atom stereocenters. The summed E-state index contributed by atoms with van der Waals surface area (Å²) >= 11 is 0. The summed E-state index contributed by atoms with van der Waals surface area (Å²) in [6, 6.07) is 2.07. The van der Waals surface area contributed by atoms with Gasteiger partial charge in [-0.25, -0.2) is 15.0 Å². The number of H-pyrrole nitrogens is 1. The molecule has 3 aromatic rings. The molecule has 2 aliphatic rings. The topological polar surface area (TPSA) is 62.6 Å². The van der Waals surface area contributed by atoms with Crippen LogP contribution in [0.2, 0.25) is 0 Å². The van der Waals surface area contributed by atoms with Crippen molar-refractivity contribution < 1.29 is 0 Å². The number of rotatable bonds is 4. The molecule has 2 fully saturated rings. The zero-order valence-corrected chi connectivity index (χ0v) is 13.7. The van der Waals surface area contributed by atoms with Gasteiger partial charge in [-0.2, -0.15) is 0 Å². The quantitative estimate of drug-likeness (QED) is 0.802. The first-order chi connectivity index (χ1) is 11.9. The van der Waals surface area contributed by atoms with E-state index in [-0.39, 0.29) is 0 Å². The monoisotopic (exact) mass is 322 g/mol. The zero-order chi connectivity index (χ0) is 15.9. The lowest BCUT2D eigenvalue weighted by molar-refractivity contribution is 0.462. The van der Waals surface area contributed by atoms with Crippen LogP contribution in [0.5, 0.6) is 0 Å². The fraction of sp³-hybridized carbons (Fsp3) is 0.500. The summed E-state index contributed by atoms with van der Waals surface area (Å²) in [7, 11) is 0. The second-order valence-corrected chi connectivity index (χ2v) is 7.10. The molecule has 24 heavy (non-hydrogen) atoms. The van der Waals surface area contributed by atoms with E-state index in [9.17, 15) is 0 Å². The Kier molecular flexibility index (Phi) is 3.28. The molecule has 0 spiro atoms. The summed E-state index contributed by atoms with van der Waals surface area (Å²) in [5.41, 5.74) is 0.914. The Hall–Kier alpha value is -2.37. The van der Waals surface area contributed by atoms with Gasteiger partial charge < -0.3 is 14.5 Å². The Morgan fingerprint density at radius 2 is 2.12 bits per heavy atom. The van der Waals surface area contributed by atoms with Crippen molar-refractivity contribution >= 4 is 16.9 Å². The van der Waals surface area contributed by atoms with Crippen molar-refractivity contribution in [2.75, 3.05) is 18.0 Å². The number of nitrogens with one attached hydrogen (secondary N) is 1. The summed E-state index contributed by atoms with van der Waals surface area (Å²) in [5, 5.41) is 1.11. The summed E-state index contributed by atoms with van der Waals surface area (Å²) < 4.78 is 2.39. The molecule has 4 heterocycles. The van der Waals surface area contributed by atoms with Crippen LogP contribution in [0.4, 0.5) is 5.82 Å². The lowest BCUT2D eigenvalue weighted by Crippen LogP contribution is -2.36. The van der Waals surface area contributed by atoms with Crippen LogP contribution in [0.15, 0.2) is 31.0 Å². The number of anilines is 1. The number of piperidine rings is 1. The third-order valence-electron chi connectivity index (χ3n) is 5.32. The van der Waals surface area contributed by atoms with E-state index in [0.29, 0.717) is 5.92 Å². The highest BCUT2D eigenvalue weighted by Gasteiger charge is 2.28. The molecular weight excluding hydrogens is 300 g/mol. The van der Waals surface area contributed by atoms with Crippen LogP contribution in [0.25, 0.3) is 11.0 Å². The van der Waals surface area contributed by atoms with Crippen molar-refractivity contribution in [3.8, 4) is 0 Å². The van der Waals surface area contributed by atoms with Gasteiger partial charge in [-0.1, -0.05) is 0 Å². The van der Waals surface area contributed by atoms with Gasteiger partial charge >= 0.3 is 0 Å². The lowest BCUT2D eigenvalue weighted by Gasteiger charge is -2.33. The van der Waals surface area contributed by atoms with Gasteiger partial charge in [-0.15, -0.1) is 0 Å². The normalized spacial score (nSPS) is 21.5. The highest BCUT2D eigenvalue weighted by molar-refractivity contribution is 5.87. The Balaban J connectivity index is 1.42. The van der Waals surface area contributed by atoms with E-state index in [0.717, 1.165) is 42.4 Å². The molecule has 0 bridgehead atoms. The Bertz CT molecular complexity index is 846. The Morgan fingerprint density at radius 3 is 3.04 bits per heavy atom. The van der Waals surface area contributed by atoms with Gasteiger partial charge in [0.05, 0.1) is 5.39 Å². The number of imidazole rings is 1. The summed E-state index contributed by atoms with van der Waals surface area (Å²) in [6.07, 6.45) is 12.9. The number of aromatic amines is 1. The number of hydrogen-bond acceptors (Lipinski definition) is 4. The van der Waals surface area contributed by atoms with Crippen molar-refractivity contribution in [2.45, 2.75) is 38.1 Å². The van der Waals surface area contributed by atoms with Crippen LogP contribution in [0.3, 0.4) is 0 Å². The van der Waals surface area contributed by atoms with Crippen LogP contribution in [0.1, 0.15) is 37.4 Å². The van der Waals surface area contributed by atoms with Crippen LogP contribution >= 0.6 is 0 Å². The number of nitrogens with zero attached hydrogens (tertiary/aromatic N) is 5. The Morgan fingerprint density at radius 1 is 1.17 bits per heavy atom. The Labute approximate surface area is 140 Å². The lowest BCUT2D eigenvalue weighted by atomic mass is 9.97. The smallest absolute Gasteiger partial charge is 0.142 e. The average Bonchev–Trinajstić information content (AvgIpc) is 3.10.